The lowest BCUT2D eigenvalue weighted by Gasteiger charge is -2.15. The summed E-state index contributed by atoms with van der Waals surface area (Å²) in [5, 5.41) is -1.10. The van der Waals surface area contributed by atoms with Gasteiger partial charge >= 0.3 is 13.0 Å². The van der Waals surface area contributed by atoms with Crippen LogP contribution in [0.5, 0.6) is 11.5 Å². The summed E-state index contributed by atoms with van der Waals surface area (Å²) in [7, 11) is 0. The van der Waals surface area contributed by atoms with Gasteiger partial charge in [-0.05, 0) is 19.1 Å². The van der Waals surface area contributed by atoms with Crippen molar-refractivity contribution in [3.05, 3.63) is 23.8 Å². The van der Waals surface area contributed by atoms with E-state index < -0.39 is 41.2 Å². The lowest BCUT2D eigenvalue weighted by atomic mass is 10.1. The van der Waals surface area contributed by atoms with Gasteiger partial charge in [0.25, 0.3) is 0 Å². The molecule has 1 rings (SSSR count). The van der Waals surface area contributed by atoms with Crippen LogP contribution in [0, 0.1) is 0 Å². The monoisotopic (exact) mass is 318 g/mol. The normalized spacial score (nSPS) is 13.2. The van der Waals surface area contributed by atoms with Crippen molar-refractivity contribution in [2.24, 2.45) is 0 Å². The molecule has 1 aromatic carbocycles. The number of rotatable bonds is 5. The highest BCUT2D eigenvalue weighted by molar-refractivity contribution is 6.33. The van der Waals surface area contributed by atoms with Crippen LogP contribution in [0.2, 0.25) is 0 Å². The van der Waals surface area contributed by atoms with Crippen molar-refractivity contribution in [3.8, 4) is 11.5 Å². The van der Waals surface area contributed by atoms with Gasteiger partial charge in [-0.2, -0.15) is 8.78 Å². The number of ketones is 1. The molecule has 112 valence electrons. The molecule has 0 bridgehead atoms. The van der Waals surface area contributed by atoms with Crippen LogP contribution in [0.25, 0.3) is 0 Å². The summed E-state index contributed by atoms with van der Waals surface area (Å²) in [6.07, 6.45) is -5.09. The number of carbonyl (C=O) groups excluding carboxylic acids is 1. The highest BCUT2D eigenvalue weighted by Gasteiger charge is 2.33. The summed E-state index contributed by atoms with van der Waals surface area (Å²) in [6, 6.07) is 2.34. The van der Waals surface area contributed by atoms with E-state index in [2.05, 4.69) is 9.47 Å². The number of benzene rings is 1. The Balaban J connectivity index is 3.19. The van der Waals surface area contributed by atoms with Crippen molar-refractivity contribution in [2.45, 2.75) is 25.3 Å². The fraction of sp³-hybridized carbons (Fsp3) is 0.364. The average molecular weight is 319 g/mol. The summed E-state index contributed by atoms with van der Waals surface area (Å²) < 4.78 is 68.2. The fourth-order valence-electron chi connectivity index (χ4n) is 1.31. The number of halogens is 6. The van der Waals surface area contributed by atoms with E-state index in [0.717, 1.165) is 12.1 Å². The SMILES string of the molecule is CC(Cl)C(=O)c1ccc(OC(F)F)cc1OC(F)(F)F. The van der Waals surface area contributed by atoms with E-state index in [-0.39, 0.29) is 0 Å². The van der Waals surface area contributed by atoms with Crippen LogP contribution < -0.4 is 9.47 Å². The highest BCUT2D eigenvalue weighted by Crippen LogP contribution is 2.32. The number of carbonyl (C=O) groups is 1. The highest BCUT2D eigenvalue weighted by atomic mass is 35.5. The Kier molecular flexibility index (Phi) is 5.15. The van der Waals surface area contributed by atoms with Crippen molar-refractivity contribution in [1.82, 2.24) is 0 Å². The van der Waals surface area contributed by atoms with E-state index in [1.165, 1.54) is 6.92 Å². The second-order valence-corrected chi connectivity index (χ2v) is 4.22. The summed E-state index contributed by atoms with van der Waals surface area (Å²) in [5.74, 6) is -2.36. The van der Waals surface area contributed by atoms with Crippen LogP contribution in [-0.4, -0.2) is 24.1 Å². The average Bonchev–Trinajstić information content (AvgIpc) is 2.25. The zero-order valence-corrected chi connectivity index (χ0v) is 10.6. The zero-order chi connectivity index (χ0) is 15.5. The Morgan fingerprint density at radius 2 is 1.90 bits per heavy atom. The first-order valence-corrected chi connectivity index (χ1v) is 5.56. The molecular formula is C11H8ClF5O3. The third kappa shape index (κ3) is 4.84. The molecule has 0 N–H and O–H groups in total. The minimum Gasteiger partial charge on any atom is -0.435 e. The Hall–Kier alpha value is -1.57. The molecule has 1 aromatic rings. The molecular weight excluding hydrogens is 311 g/mol. The van der Waals surface area contributed by atoms with Crippen LogP contribution in [0.15, 0.2) is 18.2 Å². The van der Waals surface area contributed by atoms with Gasteiger partial charge in [-0.3, -0.25) is 4.79 Å². The van der Waals surface area contributed by atoms with E-state index in [0.29, 0.717) is 6.07 Å². The molecule has 0 radical (unpaired) electrons. The number of hydrogen-bond acceptors (Lipinski definition) is 3. The van der Waals surface area contributed by atoms with E-state index >= 15 is 0 Å². The van der Waals surface area contributed by atoms with Crippen molar-refractivity contribution in [1.29, 1.82) is 0 Å². The predicted molar refractivity (Wildman–Crippen MR) is 59.4 cm³/mol. The molecule has 0 spiro atoms. The molecule has 9 heteroatoms. The van der Waals surface area contributed by atoms with Crippen molar-refractivity contribution in [3.63, 3.8) is 0 Å². The number of hydrogen-bond donors (Lipinski definition) is 0. The maximum Gasteiger partial charge on any atom is 0.573 e. The van der Waals surface area contributed by atoms with Crippen molar-refractivity contribution >= 4 is 17.4 Å². The van der Waals surface area contributed by atoms with Gasteiger partial charge in [0, 0.05) is 6.07 Å². The molecule has 0 amide bonds. The lowest BCUT2D eigenvalue weighted by molar-refractivity contribution is -0.274. The maximum absolute atomic E-state index is 12.2. The molecule has 1 unspecified atom stereocenters. The Morgan fingerprint density at radius 3 is 2.35 bits per heavy atom. The molecule has 3 nitrogen and oxygen atoms in total. The second kappa shape index (κ2) is 6.25. The first-order valence-electron chi connectivity index (χ1n) is 5.13. The molecule has 0 saturated carbocycles. The number of ether oxygens (including phenoxy) is 2. The van der Waals surface area contributed by atoms with Crippen LogP contribution in [0.1, 0.15) is 17.3 Å². The molecule has 0 aliphatic carbocycles. The van der Waals surface area contributed by atoms with Crippen molar-refractivity contribution < 1.29 is 36.2 Å². The standard InChI is InChI=1S/C11H8ClF5O3/c1-5(12)9(18)7-3-2-6(19-10(13)14)4-8(7)20-11(15,16)17/h2-5,10H,1H3. The summed E-state index contributed by atoms with van der Waals surface area (Å²) in [5.41, 5.74) is -0.480. The summed E-state index contributed by atoms with van der Waals surface area (Å²) >= 11 is 5.49. The van der Waals surface area contributed by atoms with Gasteiger partial charge < -0.3 is 9.47 Å². The maximum atomic E-state index is 12.2. The van der Waals surface area contributed by atoms with Gasteiger partial charge in [0.05, 0.1) is 10.9 Å². The molecule has 20 heavy (non-hydrogen) atoms. The molecule has 0 aliphatic rings. The third-order valence-electron chi connectivity index (χ3n) is 2.03. The van der Waals surface area contributed by atoms with Crippen LogP contribution in [0.4, 0.5) is 22.0 Å². The Morgan fingerprint density at radius 1 is 1.30 bits per heavy atom. The van der Waals surface area contributed by atoms with Gasteiger partial charge in [0.15, 0.2) is 5.78 Å². The molecule has 0 fully saturated rings. The first-order chi connectivity index (χ1) is 9.10. The van der Waals surface area contributed by atoms with Crippen LogP contribution in [0.3, 0.4) is 0 Å². The van der Waals surface area contributed by atoms with Crippen LogP contribution in [-0.2, 0) is 0 Å². The molecule has 0 aliphatic heterocycles. The Labute approximate surface area is 115 Å². The molecule has 0 saturated heterocycles. The topological polar surface area (TPSA) is 35.5 Å². The smallest absolute Gasteiger partial charge is 0.435 e. The lowest BCUT2D eigenvalue weighted by Crippen LogP contribution is -2.20. The van der Waals surface area contributed by atoms with Gasteiger partial charge in [0.2, 0.25) is 0 Å². The summed E-state index contributed by atoms with van der Waals surface area (Å²) in [4.78, 5) is 11.6. The largest absolute Gasteiger partial charge is 0.573 e. The van der Waals surface area contributed by atoms with Gasteiger partial charge in [-0.1, -0.05) is 0 Å². The fourth-order valence-corrected chi connectivity index (χ4v) is 1.42. The van der Waals surface area contributed by atoms with E-state index in [1.807, 2.05) is 0 Å². The van der Waals surface area contributed by atoms with Gasteiger partial charge in [-0.15, -0.1) is 24.8 Å². The van der Waals surface area contributed by atoms with E-state index in [1.54, 1.807) is 0 Å². The molecule has 0 heterocycles. The van der Waals surface area contributed by atoms with Gasteiger partial charge in [-0.25, -0.2) is 0 Å². The molecule has 1 atom stereocenters. The minimum absolute atomic E-state index is 0.480. The first kappa shape index (κ1) is 16.5. The quantitative estimate of drug-likeness (QED) is 0.468. The summed E-state index contributed by atoms with van der Waals surface area (Å²) in [6.45, 7) is -1.97. The minimum atomic E-state index is -5.09. The van der Waals surface area contributed by atoms with E-state index in [4.69, 9.17) is 11.6 Å². The van der Waals surface area contributed by atoms with Crippen LogP contribution >= 0.6 is 11.6 Å². The third-order valence-corrected chi connectivity index (χ3v) is 2.23. The number of Topliss-reactive ketones (excluding diaryl/α,β-unsaturated/α-hetero) is 1. The Bertz CT molecular complexity index is 487. The van der Waals surface area contributed by atoms with E-state index in [9.17, 15) is 26.7 Å². The second-order valence-electron chi connectivity index (χ2n) is 3.56. The molecule has 0 aromatic heterocycles. The zero-order valence-electron chi connectivity index (χ0n) is 9.88. The predicted octanol–water partition coefficient (Wildman–Crippen LogP) is 4.00. The number of alkyl halides is 6. The van der Waals surface area contributed by atoms with Gasteiger partial charge in [0.1, 0.15) is 11.5 Å². The van der Waals surface area contributed by atoms with Crippen molar-refractivity contribution in [2.75, 3.05) is 0 Å².